The second kappa shape index (κ2) is 13.1. The number of rotatable bonds is 6. The van der Waals surface area contributed by atoms with E-state index in [1.54, 1.807) is 0 Å². The molecular formula is C51H37N3S. The van der Waals surface area contributed by atoms with Crippen LogP contribution in [-0.4, -0.2) is 16.8 Å². The van der Waals surface area contributed by atoms with Gasteiger partial charge in [0.05, 0.1) is 16.7 Å². The third kappa shape index (κ3) is 5.36. The van der Waals surface area contributed by atoms with E-state index in [1.807, 2.05) is 17.6 Å². The minimum Gasteiger partial charge on any atom is -0.338 e. The van der Waals surface area contributed by atoms with Crippen LogP contribution in [0, 0.1) is 5.92 Å². The quantitative estimate of drug-likeness (QED) is 0.167. The molecule has 0 saturated carbocycles. The lowest BCUT2D eigenvalue weighted by atomic mass is 9.86. The molecule has 0 N–H and O–H groups in total. The van der Waals surface area contributed by atoms with E-state index in [9.17, 15) is 0 Å². The van der Waals surface area contributed by atoms with Crippen molar-refractivity contribution < 1.29 is 0 Å². The van der Waals surface area contributed by atoms with Crippen LogP contribution < -0.4 is 4.90 Å². The Morgan fingerprint density at radius 1 is 0.600 bits per heavy atom. The monoisotopic (exact) mass is 723 g/mol. The van der Waals surface area contributed by atoms with Gasteiger partial charge in [0.15, 0.2) is 0 Å². The van der Waals surface area contributed by atoms with Gasteiger partial charge in [-0.25, -0.2) is 0 Å². The van der Waals surface area contributed by atoms with Crippen molar-refractivity contribution in [2.45, 2.75) is 18.9 Å². The van der Waals surface area contributed by atoms with E-state index in [4.69, 9.17) is 4.99 Å². The second-order valence-corrected chi connectivity index (χ2v) is 15.7. The molecule has 0 radical (unpaired) electrons. The number of nitrogens with zero attached hydrogens (tertiary/aromatic N) is 3. The molecule has 9 aromatic rings. The van der Waals surface area contributed by atoms with Gasteiger partial charge < -0.3 is 9.47 Å². The Hall–Kier alpha value is -6.49. The number of thiophene rings is 1. The molecule has 2 atom stereocenters. The molecule has 0 spiro atoms. The fraction of sp³-hybridized carbons (Fsp3) is 0.0784. The Bertz CT molecular complexity index is 3020. The Kier molecular flexibility index (Phi) is 7.63. The molecule has 2 unspecified atom stereocenters. The Morgan fingerprint density at radius 2 is 1.35 bits per heavy atom. The first-order valence-electron chi connectivity index (χ1n) is 19.2. The smallest absolute Gasteiger partial charge is 0.0555 e. The standard InChI is InChI=1S/C51H37N3S/c1-2-16-38(17-3-1)53(39-27-28-44-37(32-39)15-12-30-52-44)45-21-7-4-18-40(45)36-14-10-13-34(31-36)35-26-29-47-43(33-35)41-19-5-8-22-46(41)54(47)48-23-11-25-50-51(48)42-20-6-9-24-49(42)55-50/h1-26,28-31,33,37,39H,27,32H2. The molecule has 1 aliphatic carbocycles. The molecular weight excluding hydrogens is 687 g/mol. The van der Waals surface area contributed by atoms with Crippen molar-refractivity contribution in [2.75, 3.05) is 4.90 Å². The summed E-state index contributed by atoms with van der Waals surface area (Å²) in [7, 11) is 0. The lowest BCUT2D eigenvalue weighted by molar-refractivity contribution is 0.507. The molecule has 4 heteroatoms. The van der Waals surface area contributed by atoms with Crippen molar-refractivity contribution in [2.24, 2.45) is 10.9 Å². The highest BCUT2D eigenvalue weighted by atomic mass is 32.1. The maximum Gasteiger partial charge on any atom is 0.0555 e. The summed E-state index contributed by atoms with van der Waals surface area (Å²) in [6, 6.07) is 60.6. The number of aliphatic imine (C=N–C) groups is 1. The highest BCUT2D eigenvalue weighted by molar-refractivity contribution is 7.25. The summed E-state index contributed by atoms with van der Waals surface area (Å²) >= 11 is 1.87. The van der Waals surface area contributed by atoms with Crippen LogP contribution in [-0.2, 0) is 0 Å². The summed E-state index contributed by atoms with van der Waals surface area (Å²) < 4.78 is 5.11. The summed E-state index contributed by atoms with van der Waals surface area (Å²) in [5.41, 5.74) is 12.2. The minimum absolute atomic E-state index is 0.302. The van der Waals surface area contributed by atoms with Gasteiger partial charge in [-0.3, -0.25) is 4.99 Å². The van der Waals surface area contributed by atoms with Crippen molar-refractivity contribution in [3.63, 3.8) is 0 Å². The number of para-hydroxylation sites is 3. The van der Waals surface area contributed by atoms with E-state index in [-0.39, 0.29) is 0 Å². The number of benzene rings is 7. The molecule has 0 bridgehead atoms. The van der Waals surface area contributed by atoms with Gasteiger partial charge in [-0.05, 0) is 96.3 Å². The SMILES string of the molecule is C1=CC2CC(N(c3ccccc3)c3ccccc3-c3cccc(-c4ccc5c(c4)c4ccccc4n5-c4cccc5sc6ccccc6c45)c3)CC=C2N=C1. The molecule has 7 aromatic carbocycles. The molecule has 11 rings (SSSR count). The number of aromatic nitrogens is 1. The lowest BCUT2D eigenvalue weighted by Crippen LogP contribution is -2.35. The molecule has 0 fully saturated rings. The zero-order valence-corrected chi connectivity index (χ0v) is 31.0. The predicted octanol–water partition coefficient (Wildman–Crippen LogP) is 13.9. The molecule has 0 amide bonds. The fourth-order valence-corrected chi connectivity index (χ4v) is 10.2. The summed E-state index contributed by atoms with van der Waals surface area (Å²) in [6.45, 7) is 0. The van der Waals surface area contributed by atoms with Gasteiger partial charge >= 0.3 is 0 Å². The van der Waals surface area contributed by atoms with Gasteiger partial charge in [0.2, 0.25) is 0 Å². The van der Waals surface area contributed by atoms with Gasteiger partial charge in [-0.2, -0.15) is 0 Å². The van der Waals surface area contributed by atoms with Crippen molar-refractivity contribution in [1.82, 2.24) is 4.57 Å². The maximum atomic E-state index is 4.70. The van der Waals surface area contributed by atoms with E-state index >= 15 is 0 Å². The molecule has 3 nitrogen and oxygen atoms in total. The summed E-state index contributed by atoms with van der Waals surface area (Å²) in [5.74, 6) is 0.337. The maximum absolute atomic E-state index is 4.70. The molecule has 3 heterocycles. The fourth-order valence-electron chi connectivity index (χ4n) is 9.05. The van der Waals surface area contributed by atoms with E-state index in [1.165, 1.54) is 87.0 Å². The average molecular weight is 724 g/mol. The summed E-state index contributed by atoms with van der Waals surface area (Å²) in [4.78, 5) is 7.27. The molecule has 55 heavy (non-hydrogen) atoms. The van der Waals surface area contributed by atoms with Crippen LogP contribution in [0.2, 0.25) is 0 Å². The van der Waals surface area contributed by atoms with Crippen LogP contribution in [0.4, 0.5) is 11.4 Å². The van der Waals surface area contributed by atoms with Crippen LogP contribution in [0.5, 0.6) is 0 Å². The van der Waals surface area contributed by atoms with Crippen LogP contribution in [0.1, 0.15) is 12.8 Å². The van der Waals surface area contributed by atoms with E-state index in [0.29, 0.717) is 12.0 Å². The molecule has 1 aliphatic heterocycles. The number of allylic oxidation sites excluding steroid dienone is 2. The number of hydrogen-bond donors (Lipinski definition) is 0. The molecule has 2 aliphatic rings. The Labute approximate surface area is 324 Å². The molecule has 0 saturated heterocycles. The van der Waals surface area contributed by atoms with Gasteiger partial charge in [0, 0.05) is 71.8 Å². The molecule has 262 valence electrons. The number of dihydropyridines is 1. The highest BCUT2D eigenvalue weighted by Gasteiger charge is 2.30. The largest absolute Gasteiger partial charge is 0.338 e. The number of fused-ring (bicyclic) bond motifs is 7. The van der Waals surface area contributed by atoms with E-state index in [2.05, 4.69) is 191 Å². The predicted molar refractivity (Wildman–Crippen MR) is 235 cm³/mol. The normalized spacial score (nSPS) is 16.5. The van der Waals surface area contributed by atoms with Gasteiger partial charge in [-0.1, -0.05) is 115 Å². The van der Waals surface area contributed by atoms with E-state index in [0.717, 1.165) is 12.8 Å². The van der Waals surface area contributed by atoms with Gasteiger partial charge in [0.25, 0.3) is 0 Å². The first-order valence-corrected chi connectivity index (χ1v) is 20.0. The summed E-state index contributed by atoms with van der Waals surface area (Å²) in [5, 5.41) is 5.16. The Morgan fingerprint density at radius 3 is 2.29 bits per heavy atom. The third-order valence-corrected chi connectivity index (χ3v) is 12.7. The van der Waals surface area contributed by atoms with Crippen LogP contribution in [0.3, 0.4) is 0 Å². The zero-order valence-electron chi connectivity index (χ0n) is 30.2. The van der Waals surface area contributed by atoms with Crippen LogP contribution in [0.25, 0.3) is 69.9 Å². The van der Waals surface area contributed by atoms with Crippen molar-refractivity contribution >= 4 is 70.9 Å². The number of hydrogen-bond acceptors (Lipinski definition) is 3. The van der Waals surface area contributed by atoms with Gasteiger partial charge in [0.1, 0.15) is 0 Å². The second-order valence-electron chi connectivity index (χ2n) is 14.7. The highest BCUT2D eigenvalue weighted by Crippen LogP contribution is 2.44. The topological polar surface area (TPSA) is 20.5 Å². The lowest BCUT2D eigenvalue weighted by Gasteiger charge is -2.39. The van der Waals surface area contributed by atoms with E-state index < -0.39 is 0 Å². The van der Waals surface area contributed by atoms with Crippen LogP contribution >= 0.6 is 11.3 Å². The Balaban J connectivity index is 1.03. The van der Waals surface area contributed by atoms with Crippen molar-refractivity contribution in [3.05, 3.63) is 188 Å². The number of anilines is 2. The zero-order chi connectivity index (χ0) is 36.3. The minimum atomic E-state index is 0.302. The first-order chi connectivity index (χ1) is 27.3. The first kappa shape index (κ1) is 32.0. The van der Waals surface area contributed by atoms with Gasteiger partial charge in [-0.15, -0.1) is 11.3 Å². The molecule has 2 aromatic heterocycles. The summed E-state index contributed by atoms with van der Waals surface area (Å²) in [6.07, 6.45) is 10.6. The van der Waals surface area contributed by atoms with Crippen LogP contribution in [0.15, 0.2) is 193 Å². The third-order valence-electron chi connectivity index (χ3n) is 11.5. The van der Waals surface area contributed by atoms with Crippen molar-refractivity contribution in [1.29, 1.82) is 0 Å². The average Bonchev–Trinajstić information content (AvgIpc) is 3.80. The van der Waals surface area contributed by atoms with Crippen molar-refractivity contribution in [3.8, 4) is 27.9 Å².